The zero-order valence-corrected chi connectivity index (χ0v) is 24.3. The van der Waals surface area contributed by atoms with Gasteiger partial charge in [0.1, 0.15) is 22.5 Å². The Bertz CT molecular complexity index is 1600. The average molecular weight is 560 g/mol. The molecule has 186 valence electrons. The van der Waals surface area contributed by atoms with Crippen molar-refractivity contribution in [3.8, 4) is 11.5 Å². The first-order chi connectivity index (χ1) is 18.7. The molecule has 0 radical (unpaired) electrons. The van der Waals surface area contributed by atoms with E-state index in [9.17, 15) is 10.2 Å². The smallest absolute Gasteiger partial charge is 0.141 e. The fraction of sp³-hybridized carbons (Fsp3) is 0. The van der Waals surface area contributed by atoms with Crippen LogP contribution in [0.15, 0.2) is 121 Å². The molecule has 0 aliphatic carbocycles. The van der Waals surface area contributed by atoms with Gasteiger partial charge in [0.2, 0.25) is 0 Å². The number of hydrogen-bond acceptors (Lipinski definition) is 4. The minimum absolute atomic E-state index is 0. The van der Waals surface area contributed by atoms with Gasteiger partial charge in [-0.3, -0.25) is 0 Å². The molecule has 0 amide bonds. The van der Waals surface area contributed by atoms with Gasteiger partial charge in [-0.1, -0.05) is 109 Å². The van der Waals surface area contributed by atoms with Crippen LogP contribution in [-0.2, 0) is 19.5 Å². The van der Waals surface area contributed by atoms with Crippen LogP contribution in [0.2, 0.25) is 0 Å². The van der Waals surface area contributed by atoms with E-state index in [0.717, 1.165) is 33.3 Å². The van der Waals surface area contributed by atoms with E-state index in [2.05, 4.69) is 9.97 Å². The van der Waals surface area contributed by atoms with Crippen LogP contribution in [0.1, 0.15) is 22.5 Å². The number of rotatable bonds is 4. The third-order valence-corrected chi connectivity index (χ3v) is 5.93. The number of pyridine rings is 2. The van der Waals surface area contributed by atoms with E-state index in [4.69, 9.17) is 0 Å². The van der Waals surface area contributed by atoms with E-state index >= 15 is 0 Å². The molecule has 2 aromatic heterocycles. The van der Waals surface area contributed by atoms with Crippen LogP contribution in [0.4, 0.5) is 0 Å². The number of aromatic nitrogens is 2. The van der Waals surface area contributed by atoms with Crippen molar-refractivity contribution in [2.24, 2.45) is 0 Å². The molecule has 2 heterocycles. The van der Waals surface area contributed by atoms with Crippen molar-refractivity contribution in [2.45, 2.75) is 0 Å². The molecule has 0 aliphatic heterocycles. The number of para-hydroxylation sites is 2. The van der Waals surface area contributed by atoms with Crippen molar-refractivity contribution in [2.75, 3.05) is 0 Å². The molecule has 0 unspecified atom stereocenters. The van der Waals surface area contributed by atoms with Crippen molar-refractivity contribution >= 4 is 46.1 Å². The first kappa shape index (κ1) is 27.4. The molecule has 0 bridgehead atoms. The summed E-state index contributed by atoms with van der Waals surface area (Å²) in [5.74, 6) is 0.430. The minimum atomic E-state index is 0. The summed E-state index contributed by atoms with van der Waals surface area (Å²) in [5.41, 5.74) is 5.19. The van der Waals surface area contributed by atoms with Gasteiger partial charge in [0.05, 0.1) is 11.4 Å². The van der Waals surface area contributed by atoms with Crippen LogP contribution >= 0.6 is 0 Å². The van der Waals surface area contributed by atoms with Crippen LogP contribution in [0, 0.1) is 0 Å². The Morgan fingerprint density at radius 2 is 0.821 bits per heavy atom. The summed E-state index contributed by atoms with van der Waals surface area (Å²) in [4.78, 5) is 8.91. The van der Waals surface area contributed by atoms with Crippen molar-refractivity contribution in [3.05, 3.63) is 144 Å². The van der Waals surface area contributed by atoms with Crippen LogP contribution in [0.5, 0.6) is 11.5 Å². The Balaban J connectivity index is 0.000000176. The molecule has 0 atom stereocenters. The third kappa shape index (κ3) is 7.25. The maximum absolute atomic E-state index is 9.79. The first-order valence-corrected chi connectivity index (χ1v) is 12.3. The van der Waals surface area contributed by atoms with Gasteiger partial charge in [0, 0.05) is 30.3 Å². The van der Waals surface area contributed by atoms with Gasteiger partial charge in [-0.15, -0.1) is 0 Å². The third-order valence-electron chi connectivity index (χ3n) is 5.93. The molecule has 0 aliphatic rings. The van der Waals surface area contributed by atoms with E-state index in [1.807, 2.05) is 133 Å². The van der Waals surface area contributed by atoms with Crippen LogP contribution in [-0.4, -0.2) is 20.2 Å². The molecule has 6 rings (SSSR count). The molecule has 6 aromatic rings. The Kier molecular flexibility index (Phi) is 9.34. The van der Waals surface area contributed by atoms with Gasteiger partial charge in [0.15, 0.2) is 0 Å². The Morgan fingerprint density at radius 3 is 1.23 bits per heavy atom. The average Bonchev–Trinajstić information content (AvgIpc) is 2.97. The molecule has 4 aromatic carbocycles. The summed E-state index contributed by atoms with van der Waals surface area (Å²) in [6, 6.07) is 38.8. The molecule has 4 nitrogen and oxygen atoms in total. The molecule has 39 heavy (non-hydrogen) atoms. The minimum Gasteiger partial charge on any atom is -0.506 e. The molecule has 0 fully saturated rings. The number of phenolic OH excluding ortho intramolecular Hbond substituents is 2. The number of phenols is 2. The van der Waals surface area contributed by atoms with Crippen molar-refractivity contribution < 1.29 is 29.7 Å². The number of hydrogen-bond donors (Lipinski definition) is 2. The number of aromatic hydroxyl groups is 2. The van der Waals surface area contributed by atoms with Crippen molar-refractivity contribution in [1.82, 2.24) is 9.97 Å². The number of fused-ring (bicyclic) bond motifs is 2. The standard InChI is InChI=1S/2C17H13NO.Zn/c2*19-16-8-4-7-14-10-12-15(18-17(14)16)11-9-13-5-2-1-3-6-13;/h2*1-12,19H;. The fourth-order valence-electron chi connectivity index (χ4n) is 3.97. The number of nitrogens with zero attached hydrogens (tertiary/aromatic N) is 2. The molecule has 5 heteroatoms. The molecule has 2 N–H and O–H groups in total. The Morgan fingerprint density at radius 1 is 0.410 bits per heavy atom. The Labute approximate surface area is 240 Å². The second-order valence-corrected chi connectivity index (χ2v) is 8.66. The fourth-order valence-corrected chi connectivity index (χ4v) is 3.97. The zero-order chi connectivity index (χ0) is 26.2. The maximum atomic E-state index is 9.79. The molecule has 0 saturated carbocycles. The summed E-state index contributed by atoms with van der Waals surface area (Å²) in [6.45, 7) is 0. The maximum Gasteiger partial charge on any atom is 0.141 e. The van der Waals surface area contributed by atoms with E-state index in [1.54, 1.807) is 12.1 Å². The summed E-state index contributed by atoms with van der Waals surface area (Å²) in [6.07, 6.45) is 7.91. The normalized spacial score (nSPS) is 10.9. The van der Waals surface area contributed by atoms with Gasteiger partial charge in [-0.25, -0.2) is 9.97 Å². The van der Waals surface area contributed by atoms with E-state index < -0.39 is 0 Å². The van der Waals surface area contributed by atoms with Crippen LogP contribution in [0.25, 0.3) is 46.1 Å². The predicted molar refractivity (Wildman–Crippen MR) is 158 cm³/mol. The summed E-state index contributed by atoms with van der Waals surface area (Å²) < 4.78 is 0. The van der Waals surface area contributed by atoms with E-state index in [1.165, 1.54) is 0 Å². The summed E-state index contributed by atoms with van der Waals surface area (Å²) in [7, 11) is 0. The van der Waals surface area contributed by atoms with E-state index in [0.29, 0.717) is 11.0 Å². The summed E-state index contributed by atoms with van der Waals surface area (Å²) in [5, 5.41) is 21.5. The molecular formula is C34H26N2O2Zn. The van der Waals surface area contributed by atoms with E-state index in [-0.39, 0.29) is 31.0 Å². The second kappa shape index (κ2) is 13.3. The quantitative estimate of drug-likeness (QED) is 0.214. The van der Waals surface area contributed by atoms with Gasteiger partial charge in [-0.05, 0) is 47.5 Å². The second-order valence-electron chi connectivity index (χ2n) is 8.66. The topological polar surface area (TPSA) is 66.2 Å². The largest absolute Gasteiger partial charge is 0.506 e. The van der Waals surface area contributed by atoms with Gasteiger partial charge in [-0.2, -0.15) is 0 Å². The molecular weight excluding hydrogens is 534 g/mol. The van der Waals surface area contributed by atoms with Crippen molar-refractivity contribution in [3.63, 3.8) is 0 Å². The zero-order valence-electron chi connectivity index (χ0n) is 21.4. The predicted octanol–water partition coefficient (Wildman–Crippen LogP) is 8.22. The summed E-state index contributed by atoms with van der Waals surface area (Å²) >= 11 is 0. The van der Waals surface area contributed by atoms with Crippen LogP contribution in [0.3, 0.4) is 0 Å². The first-order valence-electron chi connectivity index (χ1n) is 12.3. The van der Waals surface area contributed by atoms with Gasteiger partial charge < -0.3 is 10.2 Å². The SMILES string of the molecule is Oc1cccc2ccc(C=Cc3ccccc3)nc12.Oc1cccc2ccc(C=Cc3ccccc3)nc12.[Zn]. The number of benzene rings is 4. The molecule has 0 spiro atoms. The van der Waals surface area contributed by atoms with Crippen LogP contribution < -0.4 is 0 Å². The molecule has 0 saturated heterocycles. The van der Waals surface area contributed by atoms with Gasteiger partial charge in [0.25, 0.3) is 0 Å². The van der Waals surface area contributed by atoms with Crippen molar-refractivity contribution in [1.29, 1.82) is 0 Å². The monoisotopic (exact) mass is 558 g/mol. The Hall–Kier alpha value is -4.60. The van der Waals surface area contributed by atoms with Gasteiger partial charge >= 0.3 is 0 Å².